The van der Waals surface area contributed by atoms with Gasteiger partial charge in [0.15, 0.2) is 0 Å². The van der Waals surface area contributed by atoms with Crippen LogP contribution in [-0.2, 0) is 9.59 Å². The Morgan fingerprint density at radius 1 is 1.00 bits per heavy atom. The van der Waals surface area contributed by atoms with Gasteiger partial charge in [0.1, 0.15) is 0 Å². The SMILES string of the molecule is CCCN1CC(=O)N(CCCCCO)CC1=O. The summed E-state index contributed by atoms with van der Waals surface area (Å²) < 4.78 is 0. The summed E-state index contributed by atoms with van der Waals surface area (Å²) in [4.78, 5) is 26.8. The molecule has 0 radical (unpaired) electrons. The van der Waals surface area contributed by atoms with Crippen molar-refractivity contribution in [1.82, 2.24) is 9.80 Å². The monoisotopic (exact) mass is 242 g/mol. The van der Waals surface area contributed by atoms with Crippen LogP contribution in [0.5, 0.6) is 0 Å². The molecule has 0 saturated carbocycles. The van der Waals surface area contributed by atoms with E-state index in [1.54, 1.807) is 9.80 Å². The summed E-state index contributed by atoms with van der Waals surface area (Å²) >= 11 is 0. The van der Waals surface area contributed by atoms with Crippen LogP contribution in [0.4, 0.5) is 0 Å². The van der Waals surface area contributed by atoms with Crippen LogP contribution in [0.15, 0.2) is 0 Å². The van der Waals surface area contributed by atoms with Crippen molar-refractivity contribution in [2.24, 2.45) is 0 Å². The first-order valence-electron chi connectivity index (χ1n) is 6.35. The Bertz CT molecular complexity index is 268. The lowest BCUT2D eigenvalue weighted by molar-refractivity contribution is -0.150. The molecule has 1 aliphatic rings. The molecule has 98 valence electrons. The fourth-order valence-electron chi connectivity index (χ4n) is 1.97. The van der Waals surface area contributed by atoms with E-state index in [0.29, 0.717) is 13.1 Å². The predicted molar refractivity (Wildman–Crippen MR) is 64.4 cm³/mol. The minimum absolute atomic E-state index is 0.0436. The summed E-state index contributed by atoms with van der Waals surface area (Å²) in [6.07, 6.45) is 3.40. The van der Waals surface area contributed by atoms with Gasteiger partial charge in [0.05, 0.1) is 13.1 Å². The fraction of sp³-hybridized carbons (Fsp3) is 0.833. The second-order valence-electron chi connectivity index (χ2n) is 4.41. The molecule has 0 aromatic carbocycles. The Morgan fingerprint density at radius 2 is 1.59 bits per heavy atom. The standard InChI is InChI=1S/C12H22N2O3/c1-2-6-13-9-12(17)14(10-11(13)16)7-4-3-5-8-15/h15H,2-10H2,1H3. The molecule has 0 aliphatic carbocycles. The van der Waals surface area contributed by atoms with Crippen molar-refractivity contribution in [3.8, 4) is 0 Å². The Labute approximate surface area is 102 Å². The molecule has 1 rings (SSSR count). The van der Waals surface area contributed by atoms with Crippen molar-refractivity contribution in [2.45, 2.75) is 32.6 Å². The molecular formula is C12H22N2O3. The normalized spacial score (nSPS) is 16.8. The van der Waals surface area contributed by atoms with Crippen molar-refractivity contribution in [3.05, 3.63) is 0 Å². The van der Waals surface area contributed by atoms with E-state index in [2.05, 4.69) is 0 Å². The lowest BCUT2D eigenvalue weighted by Gasteiger charge is -2.33. The van der Waals surface area contributed by atoms with Gasteiger partial charge in [-0.15, -0.1) is 0 Å². The van der Waals surface area contributed by atoms with Crippen LogP contribution in [0.25, 0.3) is 0 Å². The largest absolute Gasteiger partial charge is 0.396 e. The molecule has 0 aromatic heterocycles. The van der Waals surface area contributed by atoms with Crippen molar-refractivity contribution >= 4 is 11.8 Å². The molecule has 0 bridgehead atoms. The highest BCUT2D eigenvalue weighted by molar-refractivity contribution is 5.92. The van der Waals surface area contributed by atoms with Crippen molar-refractivity contribution in [3.63, 3.8) is 0 Å². The lowest BCUT2D eigenvalue weighted by atomic mass is 10.2. The van der Waals surface area contributed by atoms with Crippen LogP contribution >= 0.6 is 0 Å². The minimum Gasteiger partial charge on any atom is -0.396 e. The summed E-state index contributed by atoms with van der Waals surface area (Å²) in [7, 11) is 0. The first kappa shape index (κ1) is 14.0. The van der Waals surface area contributed by atoms with E-state index in [-0.39, 0.29) is 31.5 Å². The molecule has 1 N–H and O–H groups in total. The van der Waals surface area contributed by atoms with E-state index in [0.717, 1.165) is 25.7 Å². The third-order valence-corrected chi connectivity index (χ3v) is 2.94. The fourth-order valence-corrected chi connectivity index (χ4v) is 1.97. The first-order valence-corrected chi connectivity index (χ1v) is 6.35. The molecule has 1 heterocycles. The molecule has 0 unspecified atom stereocenters. The predicted octanol–water partition coefficient (Wildman–Crippen LogP) is 0.230. The Hall–Kier alpha value is -1.10. The van der Waals surface area contributed by atoms with E-state index in [1.807, 2.05) is 6.92 Å². The maximum atomic E-state index is 11.8. The van der Waals surface area contributed by atoms with E-state index >= 15 is 0 Å². The zero-order valence-electron chi connectivity index (χ0n) is 10.5. The molecular weight excluding hydrogens is 220 g/mol. The summed E-state index contributed by atoms with van der Waals surface area (Å²) in [5.41, 5.74) is 0. The number of hydrogen-bond donors (Lipinski definition) is 1. The summed E-state index contributed by atoms with van der Waals surface area (Å²) in [6, 6.07) is 0. The molecule has 0 spiro atoms. The summed E-state index contributed by atoms with van der Waals surface area (Å²) in [6.45, 7) is 3.94. The van der Waals surface area contributed by atoms with Gasteiger partial charge in [-0.3, -0.25) is 9.59 Å². The third-order valence-electron chi connectivity index (χ3n) is 2.94. The van der Waals surface area contributed by atoms with E-state index in [4.69, 9.17) is 5.11 Å². The van der Waals surface area contributed by atoms with Gasteiger partial charge in [-0.25, -0.2) is 0 Å². The maximum Gasteiger partial charge on any atom is 0.242 e. The number of piperazine rings is 1. The highest BCUT2D eigenvalue weighted by atomic mass is 16.3. The highest BCUT2D eigenvalue weighted by Gasteiger charge is 2.28. The summed E-state index contributed by atoms with van der Waals surface area (Å²) in [5.74, 6) is 0.0932. The van der Waals surface area contributed by atoms with Crippen LogP contribution in [0.2, 0.25) is 0 Å². The quantitative estimate of drug-likeness (QED) is 0.650. The summed E-state index contributed by atoms with van der Waals surface area (Å²) in [5, 5.41) is 8.65. The van der Waals surface area contributed by atoms with E-state index in [9.17, 15) is 9.59 Å². The van der Waals surface area contributed by atoms with Gasteiger partial charge in [-0.05, 0) is 25.7 Å². The van der Waals surface area contributed by atoms with Crippen LogP contribution in [0.1, 0.15) is 32.6 Å². The maximum absolute atomic E-state index is 11.8. The second-order valence-corrected chi connectivity index (χ2v) is 4.41. The molecule has 1 aliphatic heterocycles. The van der Waals surface area contributed by atoms with Crippen molar-refractivity contribution < 1.29 is 14.7 Å². The van der Waals surface area contributed by atoms with Crippen molar-refractivity contribution in [2.75, 3.05) is 32.8 Å². The average molecular weight is 242 g/mol. The van der Waals surface area contributed by atoms with Gasteiger partial charge in [0.25, 0.3) is 0 Å². The number of carbonyl (C=O) groups excluding carboxylic acids is 2. The number of amides is 2. The van der Waals surface area contributed by atoms with Crippen LogP contribution < -0.4 is 0 Å². The number of nitrogens with zero attached hydrogens (tertiary/aromatic N) is 2. The Morgan fingerprint density at radius 3 is 2.12 bits per heavy atom. The Balaban J connectivity index is 2.33. The van der Waals surface area contributed by atoms with E-state index in [1.165, 1.54) is 0 Å². The number of unbranched alkanes of at least 4 members (excludes halogenated alkanes) is 2. The zero-order chi connectivity index (χ0) is 12.7. The zero-order valence-corrected chi connectivity index (χ0v) is 10.5. The number of aliphatic hydroxyl groups is 1. The van der Waals surface area contributed by atoms with Gasteiger partial charge in [0, 0.05) is 19.7 Å². The highest BCUT2D eigenvalue weighted by Crippen LogP contribution is 2.07. The molecule has 1 saturated heterocycles. The number of rotatable bonds is 7. The van der Waals surface area contributed by atoms with Gasteiger partial charge >= 0.3 is 0 Å². The van der Waals surface area contributed by atoms with Gasteiger partial charge < -0.3 is 14.9 Å². The number of hydrogen-bond acceptors (Lipinski definition) is 3. The molecule has 0 aromatic rings. The van der Waals surface area contributed by atoms with Crippen LogP contribution in [0, 0.1) is 0 Å². The molecule has 0 atom stereocenters. The molecule has 1 fully saturated rings. The lowest BCUT2D eigenvalue weighted by Crippen LogP contribution is -2.53. The van der Waals surface area contributed by atoms with Crippen molar-refractivity contribution in [1.29, 1.82) is 0 Å². The van der Waals surface area contributed by atoms with Crippen LogP contribution in [0.3, 0.4) is 0 Å². The smallest absolute Gasteiger partial charge is 0.242 e. The van der Waals surface area contributed by atoms with Gasteiger partial charge in [0.2, 0.25) is 11.8 Å². The molecule has 17 heavy (non-hydrogen) atoms. The number of aliphatic hydroxyl groups excluding tert-OH is 1. The topological polar surface area (TPSA) is 60.9 Å². The van der Waals surface area contributed by atoms with Gasteiger partial charge in [-0.2, -0.15) is 0 Å². The minimum atomic E-state index is 0.0436. The molecule has 5 nitrogen and oxygen atoms in total. The first-order chi connectivity index (χ1) is 8.19. The van der Waals surface area contributed by atoms with Gasteiger partial charge in [-0.1, -0.05) is 6.92 Å². The molecule has 2 amide bonds. The average Bonchev–Trinajstić information content (AvgIpc) is 2.30. The second kappa shape index (κ2) is 7.27. The Kier molecular flexibility index (Phi) is 5.97. The van der Waals surface area contributed by atoms with Crippen LogP contribution in [-0.4, -0.2) is 59.5 Å². The molecule has 5 heteroatoms. The number of carbonyl (C=O) groups is 2. The van der Waals surface area contributed by atoms with E-state index < -0.39 is 0 Å². The third kappa shape index (κ3) is 4.34.